The molecular weight excluding hydrogens is 280 g/mol. The Morgan fingerprint density at radius 3 is 2.86 bits per heavy atom. The number of aromatic amines is 2. The quantitative estimate of drug-likeness (QED) is 0.799. The molecule has 0 saturated heterocycles. The molecule has 2 aromatic rings. The number of aromatic nitrogens is 5. The van der Waals surface area contributed by atoms with Crippen molar-refractivity contribution in [1.29, 1.82) is 0 Å². The van der Waals surface area contributed by atoms with Crippen molar-refractivity contribution >= 4 is 5.91 Å². The fourth-order valence-corrected chi connectivity index (χ4v) is 2.82. The van der Waals surface area contributed by atoms with Crippen LogP contribution < -0.4 is 5.32 Å². The SMILES string of the molecule is CC(C)c1nc2c([nH]1)C[C@@H](C(=O)N[C@H](C)c1ncn[nH]1)CC2. The summed E-state index contributed by atoms with van der Waals surface area (Å²) in [6.07, 6.45) is 3.87. The predicted octanol–water partition coefficient (Wildman–Crippen LogP) is 1.63. The molecule has 2 atom stereocenters. The Balaban J connectivity index is 1.65. The Morgan fingerprint density at radius 2 is 2.18 bits per heavy atom. The van der Waals surface area contributed by atoms with Crippen LogP contribution in [0.5, 0.6) is 0 Å². The van der Waals surface area contributed by atoms with Gasteiger partial charge in [-0.1, -0.05) is 13.8 Å². The lowest BCUT2D eigenvalue weighted by Crippen LogP contribution is -2.36. The summed E-state index contributed by atoms with van der Waals surface area (Å²) in [5, 5.41) is 9.60. The van der Waals surface area contributed by atoms with Gasteiger partial charge in [0.25, 0.3) is 0 Å². The van der Waals surface area contributed by atoms with E-state index in [1.54, 1.807) is 0 Å². The van der Waals surface area contributed by atoms with Gasteiger partial charge in [-0.05, 0) is 19.8 Å². The highest BCUT2D eigenvalue weighted by atomic mass is 16.1. The van der Waals surface area contributed by atoms with Gasteiger partial charge in [0.15, 0.2) is 0 Å². The Labute approximate surface area is 129 Å². The van der Waals surface area contributed by atoms with Crippen molar-refractivity contribution in [2.45, 2.75) is 52.0 Å². The normalized spacial score (nSPS) is 19.0. The van der Waals surface area contributed by atoms with E-state index in [1.165, 1.54) is 6.33 Å². The summed E-state index contributed by atoms with van der Waals surface area (Å²) in [6, 6.07) is -0.163. The Hall–Kier alpha value is -2.18. The van der Waals surface area contributed by atoms with Gasteiger partial charge < -0.3 is 10.3 Å². The fourth-order valence-electron chi connectivity index (χ4n) is 2.82. The molecule has 7 nitrogen and oxygen atoms in total. The maximum Gasteiger partial charge on any atom is 0.224 e. The molecule has 0 saturated carbocycles. The molecule has 0 unspecified atom stereocenters. The third kappa shape index (κ3) is 2.88. The van der Waals surface area contributed by atoms with Crippen LogP contribution in [-0.4, -0.2) is 31.1 Å². The number of hydrogen-bond donors (Lipinski definition) is 3. The minimum absolute atomic E-state index is 0.0154. The van der Waals surface area contributed by atoms with Crippen LogP contribution in [0.4, 0.5) is 0 Å². The van der Waals surface area contributed by atoms with Crippen LogP contribution in [0.3, 0.4) is 0 Å². The van der Waals surface area contributed by atoms with E-state index in [1.807, 2.05) is 6.92 Å². The zero-order chi connectivity index (χ0) is 15.7. The van der Waals surface area contributed by atoms with Gasteiger partial charge in [-0.2, -0.15) is 5.10 Å². The Bertz CT molecular complexity index is 645. The van der Waals surface area contributed by atoms with Gasteiger partial charge >= 0.3 is 0 Å². The van der Waals surface area contributed by atoms with Gasteiger partial charge in [-0.15, -0.1) is 0 Å². The molecule has 118 valence electrons. The van der Waals surface area contributed by atoms with Gasteiger partial charge in [-0.3, -0.25) is 9.89 Å². The number of fused-ring (bicyclic) bond motifs is 1. The fraction of sp³-hybridized carbons (Fsp3) is 0.600. The van der Waals surface area contributed by atoms with Crippen molar-refractivity contribution < 1.29 is 4.79 Å². The first-order valence-electron chi connectivity index (χ1n) is 7.78. The lowest BCUT2D eigenvalue weighted by Gasteiger charge is -2.22. The standard InChI is InChI=1S/C15H22N6O/c1-8(2)13-19-11-5-4-10(6-12(11)20-13)15(22)18-9(3)14-16-7-17-21-14/h7-10H,4-6H2,1-3H3,(H,18,22)(H,19,20)(H,16,17,21)/t9-,10+/m1/s1. The van der Waals surface area contributed by atoms with Crippen LogP contribution in [0.15, 0.2) is 6.33 Å². The van der Waals surface area contributed by atoms with E-state index in [-0.39, 0.29) is 17.9 Å². The van der Waals surface area contributed by atoms with Crippen LogP contribution >= 0.6 is 0 Å². The van der Waals surface area contributed by atoms with Crippen LogP contribution in [0.2, 0.25) is 0 Å². The predicted molar refractivity (Wildman–Crippen MR) is 81.1 cm³/mol. The number of imidazole rings is 1. The van der Waals surface area contributed by atoms with Crippen LogP contribution in [0.1, 0.15) is 62.2 Å². The molecular formula is C15H22N6O. The van der Waals surface area contributed by atoms with E-state index in [2.05, 4.69) is 44.3 Å². The second-order valence-electron chi connectivity index (χ2n) is 6.24. The van der Waals surface area contributed by atoms with E-state index in [0.29, 0.717) is 11.7 Å². The minimum atomic E-state index is -0.163. The molecule has 3 rings (SSSR count). The lowest BCUT2D eigenvalue weighted by atomic mass is 9.89. The maximum atomic E-state index is 12.4. The summed E-state index contributed by atoms with van der Waals surface area (Å²) < 4.78 is 0. The number of carbonyl (C=O) groups is 1. The Morgan fingerprint density at radius 1 is 1.36 bits per heavy atom. The van der Waals surface area contributed by atoms with Crippen molar-refractivity contribution in [2.24, 2.45) is 5.92 Å². The second kappa shape index (κ2) is 5.90. The van der Waals surface area contributed by atoms with E-state index < -0.39 is 0 Å². The van der Waals surface area contributed by atoms with Gasteiger partial charge in [0.2, 0.25) is 5.91 Å². The average molecular weight is 302 g/mol. The van der Waals surface area contributed by atoms with E-state index in [0.717, 1.165) is 36.5 Å². The minimum Gasteiger partial charge on any atom is -0.346 e. The highest BCUT2D eigenvalue weighted by Crippen LogP contribution is 2.26. The molecule has 1 aliphatic carbocycles. The van der Waals surface area contributed by atoms with Crippen molar-refractivity contribution in [3.8, 4) is 0 Å². The summed E-state index contributed by atoms with van der Waals surface area (Å²) in [5.74, 6) is 2.12. The van der Waals surface area contributed by atoms with Crippen molar-refractivity contribution in [2.75, 3.05) is 0 Å². The molecule has 22 heavy (non-hydrogen) atoms. The molecule has 0 aromatic carbocycles. The Kier molecular flexibility index (Phi) is 3.96. The largest absolute Gasteiger partial charge is 0.346 e. The van der Waals surface area contributed by atoms with Crippen molar-refractivity contribution in [3.05, 3.63) is 29.4 Å². The van der Waals surface area contributed by atoms with Gasteiger partial charge in [0, 0.05) is 24.0 Å². The lowest BCUT2D eigenvalue weighted by molar-refractivity contribution is -0.126. The molecule has 1 amide bonds. The number of aryl methyl sites for hydroxylation is 1. The monoisotopic (exact) mass is 302 g/mol. The number of H-pyrrole nitrogens is 2. The highest BCUT2D eigenvalue weighted by Gasteiger charge is 2.28. The van der Waals surface area contributed by atoms with Crippen molar-refractivity contribution in [1.82, 2.24) is 30.5 Å². The number of rotatable bonds is 4. The van der Waals surface area contributed by atoms with Crippen molar-refractivity contribution in [3.63, 3.8) is 0 Å². The molecule has 7 heteroatoms. The van der Waals surface area contributed by atoms with Gasteiger partial charge in [0.05, 0.1) is 11.7 Å². The molecule has 0 radical (unpaired) electrons. The molecule has 2 heterocycles. The van der Waals surface area contributed by atoms with Crippen LogP contribution in [0.25, 0.3) is 0 Å². The first-order chi connectivity index (χ1) is 10.5. The first kappa shape index (κ1) is 14.7. The zero-order valence-electron chi connectivity index (χ0n) is 13.2. The molecule has 0 fully saturated rings. The van der Waals surface area contributed by atoms with Gasteiger partial charge in [0.1, 0.15) is 18.0 Å². The third-order valence-electron chi connectivity index (χ3n) is 4.18. The van der Waals surface area contributed by atoms with E-state index in [9.17, 15) is 4.79 Å². The first-order valence-corrected chi connectivity index (χ1v) is 7.78. The average Bonchev–Trinajstić information content (AvgIpc) is 3.15. The highest BCUT2D eigenvalue weighted by molar-refractivity contribution is 5.79. The molecule has 0 bridgehead atoms. The zero-order valence-corrected chi connectivity index (χ0v) is 13.2. The smallest absolute Gasteiger partial charge is 0.224 e. The van der Waals surface area contributed by atoms with Gasteiger partial charge in [-0.25, -0.2) is 9.97 Å². The topological polar surface area (TPSA) is 99.3 Å². The molecule has 2 aromatic heterocycles. The maximum absolute atomic E-state index is 12.4. The summed E-state index contributed by atoms with van der Waals surface area (Å²) in [7, 11) is 0. The van der Waals surface area contributed by atoms with Crippen LogP contribution in [-0.2, 0) is 17.6 Å². The van der Waals surface area contributed by atoms with E-state index >= 15 is 0 Å². The molecule has 0 aliphatic heterocycles. The summed E-state index contributed by atoms with van der Waals surface area (Å²) in [4.78, 5) is 24.5. The summed E-state index contributed by atoms with van der Waals surface area (Å²) in [5.41, 5.74) is 2.23. The number of nitrogens with zero attached hydrogens (tertiary/aromatic N) is 3. The van der Waals surface area contributed by atoms with E-state index in [4.69, 9.17) is 0 Å². The summed E-state index contributed by atoms with van der Waals surface area (Å²) >= 11 is 0. The molecule has 1 aliphatic rings. The second-order valence-corrected chi connectivity index (χ2v) is 6.24. The molecule has 0 spiro atoms. The van der Waals surface area contributed by atoms with Crippen LogP contribution in [0, 0.1) is 5.92 Å². The number of nitrogens with one attached hydrogen (secondary N) is 3. The number of amides is 1. The number of hydrogen-bond acceptors (Lipinski definition) is 4. The summed E-state index contributed by atoms with van der Waals surface area (Å²) in [6.45, 7) is 6.14. The molecule has 3 N–H and O–H groups in total. The third-order valence-corrected chi connectivity index (χ3v) is 4.18. The number of carbonyl (C=O) groups excluding carboxylic acids is 1.